The minimum Gasteiger partial charge on any atom is -0.305 e. The predicted molar refractivity (Wildman–Crippen MR) is 87.1 cm³/mol. The van der Waals surface area contributed by atoms with Crippen LogP contribution in [0.5, 0.6) is 0 Å². The van der Waals surface area contributed by atoms with E-state index in [0.29, 0.717) is 6.54 Å². The van der Waals surface area contributed by atoms with Crippen molar-refractivity contribution >= 4 is 0 Å². The molecule has 0 amide bonds. The first-order valence-corrected chi connectivity index (χ1v) is 7.72. The van der Waals surface area contributed by atoms with Gasteiger partial charge in [-0.2, -0.15) is 9.78 Å². The van der Waals surface area contributed by atoms with Gasteiger partial charge in [-0.1, -0.05) is 18.2 Å². The summed E-state index contributed by atoms with van der Waals surface area (Å²) < 4.78 is 3.73. The Bertz CT molecular complexity index is 747. The molecule has 120 valence electrons. The molecule has 0 fully saturated rings. The Labute approximate surface area is 135 Å². The normalized spacial score (nSPS) is 13.9. The number of hydrogen-bond acceptors (Lipinski definition) is 5. The number of aromatic nitrogens is 6. The summed E-state index contributed by atoms with van der Waals surface area (Å²) in [4.78, 5) is 0. The summed E-state index contributed by atoms with van der Waals surface area (Å²) in [6.45, 7) is 6.92. The highest BCUT2D eigenvalue weighted by atomic mass is 15.5. The Morgan fingerprint density at radius 3 is 2.65 bits per heavy atom. The molecule has 7 nitrogen and oxygen atoms in total. The molecule has 0 aliphatic carbocycles. The summed E-state index contributed by atoms with van der Waals surface area (Å²) in [5, 5.41) is 19.8. The van der Waals surface area contributed by atoms with E-state index in [2.05, 4.69) is 46.0 Å². The third kappa shape index (κ3) is 3.45. The second kappa shape index (κ2) is 6.70. The van der Waals surface area contributed by atoms with Crippen molar-refractivity contribution in [1.82, 2.24) is 35.3 Å². The molecule has 3 aromatic rings. The van der Waals surface area contributed by atoms with E-state index in [1.165, 1.54) is 0 Å². The van der Waals surface area contributed by atoms with Crippen LogP contribution in [-0.2, 0) is 6.54 Å². The van der Waals surface area contributed by atoms with Gasteiger partial charge in [0, 0.05) is 12.2 Å². The van der Waals surface area contributed by atoms with Crippen molar-refractivity contribution in [1.29, 1.82) is 0 Å². The highest BCUT2D eigenvalue weighted by molar-refractivity contribution is 5.30. The first-order chi connectivity index (χ1) is 11.1. The molecule has 7 heteroatoms. The lowest BCUT2D eigenvalue weighted by molar-refractivity contribution is 0.361. The molecule has 0 saturated heterocycles. The van der Waals surface area contributed by atoms with Crippen molar-refractivity contribution in [3.8, 4) is 5.69 Å². The molecule has 1 N–H and O–H groups in total. The van der Waals surface area contributed by atoms with E-state index < -0.39 is 0 Å². The fourth-order valence-electron chi connectivity index (χ4n) is 2.39. The van der Waals surface area contributed by atoms with Crippen molar-refractivity contribution in [2.75, 3.05) is 0 Å². The van der Waals surface area contributed by atoms with Gasteiger partial charge in [-0.25, -0.2) is 0 Å². The Balaban J connectivity index is 1.66. The first kappa shape index (κ1) is 15.4. The summed E-state index contributed by atoms with van der Waals surface area (Å²) in [7, 11) is 0. The van der Waals surface area contributed by atoms with Crippen LogP contribution in [-0.4, -0.2) is 36.0 Å². The van der Waals surface area contributed by atoms with Crippen molar-refractivity contribution in [3.05, 3.63) is 54.1 Å². The fourth-order valence-corrected chi connectivity index (χ4v) is 2.39. The van der Waals surface area contributed by atoms with Gasteiger partial charge >= 0.3 is 0 Å². The Morgan fingerprint density at radius 2 is 1.96 bits per heavy atom. The molecule has 2 aromatic heterocycles. The molecule has 0 bridgehead atoms. The Hall–Kier alpha value is -2.54. The molecule has 0 aliphatic heterocycles. The second-order valence-corrected chi connectivity index (χ2v) is 5.75. The molecule has 1 aromatic carbocycles. The number of nitrogens with zero attached hydrogens (tertiary/aromatic N) is 6. The largest absolute Gasteiger partial charge is 0.305 e. The van der Waals surface area contributed by atoms with Gasteiger partial charge in [0.2, 0.25) is 0 Å². The molecule has 0 unspecified atom stereocenters. The fraction of sp³-hybridized carbons (Fsp3) is 0.375. The quantitative estimate of drug-likeness (QED) is 0.753. The molecular weight excluding hydrogens is 290 g/mol. The minimum absolute atomic E-state index is 0.232. The number of para-hydroxylation sites is 1. The van der Waals surface area contributed by atoms with Crippen LogP contribution in [0, 0.1) is 6.92 Å². The summed E-state index contributed by atoms with van der Waals surface area (Å²) in [6, 6.07) is 10.4. The highest BCUT2D eigenvalue weighted by Gasteiger charge is 2.16. The third-order valence-electron chi connectivity index (χ3n) is 3.99. The van der Waals surface area contributed by atoms with Crippen LogP contribution in [0.2, 0.25) is 0 Å². The standard InChI is InChI=1S/C16H21N7/c1-12-9-18-22(11-12)14(3)13(2)17-10-16-19-20-21-23(16)15-7-5-4-6-8-15/h4-9,11,13-14,17H,10H2,1-3H3/t13-,14-/m1/s1. The molecule has 3 rings (SSSR count). The lowest BCUT2D eigenvalue weighted by Crippen LogP contribution is -2.34. The average Bonchev–Trinajstić information content (AvgIpc) is 3.21. The topological polar surface area (TPSA) is 73.5 Å². The molecule has 0 saturated carbocycles. The number of rotatable bonds is 6. The van der Waals surface area contributed by atoms with Crippen LogP contribution in [0.15, 0.2) is 42.7 Å². The predicted octanol–water partition coefficient (Wildman–Crippen LogP) is 1.91. The summed E-state index contributed by atoms with van der Waals surface area (Å²) in [5.74, 6) is 0.784. The van der Waals surface area contributed by atoms with Crippen LogP contribution in [0.25, 0.3) is 5.69 Å². The Morgan fingerprint density at radius 1 is 1.17 bits per heavy atom. The molecule has 2 atom stereocenters. The second-order valence-electron chi connectivity index (χ2n) is 5.75. The van der Waals surface area contributed by atoms with Gasteiger partial charge < -0.3 is 5.32 Å². The van der Waals surface area contributed by atoms with Crippen molar-refractivity contribution in [2.24, 2.45) is 0 Å². The zero-order chi connectivity index (χ0) is 16.2. The maximum Gasteiger partial charge on any atom is 0.170 e. The van der Waals surface area contributed by atoms with E-state index >= 15 is 0 Å². The molecule has 2 heterocycles. The number of tetrazole rings is 1. The molecular formula is C16H21N7. The van der Waals surface area contributed by atoms with Crippen LogP contribution in [0.3, 0.4) is 0 Å². The van der Waals surface area contributed by atoms with E-state index in [9.17, 15) is 0 Å². The number of hydrogen-bond donors (Lipinski definition) is 1. The van der Waals surface area contributed by atoms with E-state index in [1.807, 2.05) is 48.1 Å². The van der Waals surface area contributed by atoms with Gasteiger partial charge in [-0.15, -0.1) is 5.10 Å². The van der Waals surface area contributed by atoms with Crippen LogP contribution < -0.4 is 5.32 Å². The molecule has 0 radical (unpaired) electrons. The van der Waals surface area contributed by atoms with Gasteiger partial charge in [-0.05, 0) is 48.9 Å². The first-order valence-electron chi connectivity index (χ1n) is 7.72. The highest BCUT2D eigenvalue weighted by Crippen LogP contribution is 2.12. The SMILES string of the molecule is Cc1cnn([C@H](C)[C@@H](C)NCc2nnnn2-c2ccccc2)c1. The molecule has 23 heavy (non-hydrogen) atoms. The van der Waals surface area contributed by atoms with E-state index in [4.69, 9.17) is 0 Å². The van der Waals surface area contributed by atoms with Gasteiger partial charge in [0.25, 0.3) is 0 Å². The zero-order valence-corrected chi connectivity index (χ0v) is 13.6. The van der Waals surface area contributed by atoms with E-state index in [1.54, 1.807) is 4.68 Å². The number of aryl methyl sites for hydroxylation is 1. The van der Waals surface area contributed by atoms with Crippen LogP contribution in [0.4, 0.5) is 0 Å². The van der Waals surface area contributed by atoms with E-state index in [0.717, 1.165) is 17.1 Å². The summed E-state index contributed by atoms with van der Waals surface area (Å²) in [6.07, 6.45) is 3.93. The third-order valence-corrected chi connectivity index (χ3v) is 3.99. The molecule has 0 spiro atoms. The van der Waals surface area contributed by atoms with Crippen molar-refractivity contribution in [3.63, 3.8) is 0 Å². The van der Waals surface area contributed by atoms with Gasteiger partial charge in [0.05, 0.1) is 24.5 Å². The van der Waals surface area contributed by atoms with Crippen molar-refractivity contribution in [2.45, 2.75) is 39.4 Å². The lowest BCUT2D eigenvalue weighted by Gasteiger charge is -2.21. The Kier molecular flexibility index (Phi) is 4.47. The smallest absolute Gasteiger partial charge is 0.170 e. The maximum atomic E-state index is 4.38. The van der Waals surface area contributed by atoms with Crippen LogP contribution in [0.1, 0.15) is 31.3 Å². The van der Waals surface area contributed by atoms with Crippen LogP contribution >= 0.6 is 0 Å². The van der Waals surface area contributed by atoms with E-state index in [-0.39, 0.29) is 12.1 Å². The summed E-state index contributed by atoms with van der Waals surface area (Å²) >= 11 is 0. The molecule has 0 aliphatic rings. The summed E-state index contributed by atoms with van der Waals surface area (Å²) in [5.41, 5.74) is 2.12. The zero-order valence-electron chi connectivity index (χ0n) is 13.6. The number of benzene rings is 1. The maximum absolute atomic E-state index is 4.38. The monoisotopic (exact) mass is 311 g/mol. The van der Waals surface area contributed by atoms with Gasteiger partial charge in [-0.3, -0.25) is 4.68 Å². The number of nitrogens with one attached hydrogen (secondary N) is 1. The van der Waals surface area contributed by atoms with Gasteiger partial charge in [0.1, 0.15) is 0 Å². The minimum atomic E-state index is 0.232. The lowest BCUT2D eigenvalue weighted by atomic mass is 10.2. The average molecular weight is 311 g/mol. The van der Waals surface area contributed by atoms with Gasteiger partial charge in [0.15, 0.2) is 5.82 Å². The van der Waals surface area contributed by atoms with Crippen molar-refractivity contribution < 1.29 is 0 Å².